The molecule has 0 spiro atoms. The van der Waals surface area contributed by atoms with E-state index in [2.05, 4.69) is 31.0 Å². The summed E-state index contributed by atoms with van der Waals surface area (Å²) in [4.78, 5) is 2.71. The van der Waals surface area contributed by atoms with Crippen molar-refractivity contribution < 1.29 is 0 Å². The van der Waals surface area contributed by atoms with Crippen molar-refractivity contribution in [1.29, 1.82) is 0 Å². The molecule has 1 aliphatic heterocycles. The van der Waals surface area contributed by atoms with Gasteiger partial charge >= 0.3 is 0 Å². The average Bonchev–Trinajstić information content (AvgIpc) is 2.94. The first-order valence-corrected chi connectivity index (χ1v) is 7.63. The van der Waals surface area contributed by atoms with E-state index in [0.29, 0.717) is 11.6 Å². The van der Waals surface area contributed by atoms with Crippen LogP contribution in [-0.2, 0) is 0 Å². The Morgan fingerprint density at radius 1 is 1.24 bits per heavy atom. The summed E-state index contributed by atoms with van der Waals surface area (Å²) in [7, 11) is 0. The molecule has 2 aliphatic rings. The molecule has 1 saturated heterocycles. The first-order valence-electron chi connectivity index (χ1n) is 7.63. The molecule has 2 nitrogen and oxygen atoms in total. The summed E-state index contributed by atoms with van der Waals surface area (Å²) in [6.07, 6.45) is 8.38. The molecule has 2 rings (SSSR count). The molecule has 1 aliphatic carbocycles. The molecule has 100 valence electrons. The topological polar surface area (TPSA) is 15.3 Å². The fourth-order valence-corrected chi connectivity index (χ4v) is 3.14. The number of rotatable bonds is 7. The van der Waals surface area contributed by atoms with Crippen LogP contribution in [0.1, 0.15) is 59.3 Å². The SMILES string of the molecule is CCCNC(CC1CC1)C(C)(C)N1CCCC1. The Morgan fingerprint density at radius 3 is 2.41 bits per heavy atom. The number of hydrogen-bond acceptors (Lipinski definition) is 2. The third-order valence-electron chi connectivity index (χ3n) is 4.68. The second kappa shape index (κ2) is 5.71. The van der Waals surface area contributed by atoms with Crippen LogP contribution in [0.4, 0.5) is 0 Å². The van der Waals surface area contributed by atoms with E-state index in [1.165, 1.54) is 58.2 Å². The Balaban J connectivity index is 1.94. The lowest BCUT2D eigenvalue weighted by Crippen LogP contribution is -2.57. The highest BCUT2D eigenvalue weighted by molar-refractivity contribution is 4.97. The van der Waals surface area contributed by atoms with Crippen LogP contribution in [0.5, 0.6) is 0 Å². The van der Waals surface area contributed by atoms with Gasteiger partial charge in [0.05, 0.1) is 0 Å². The summed E-state index contributed by atoms with van der Waals surface area (Å²) in [6.45, 7) is 11.0. The maximum absolute atomic E-state index is 3.82. The lowest BCUT2D eigenvalue weighted by atomic mass is 9.88. The normalized spacial score (nSPS) is 24.2. The molecule has 1 saturated carbocycles. The Bertz CT molecular complexity index is 227. The van der Waals surface area contributed by atoms with Crippen molar-refractivity contribution in [1.82, 2.24) is 10.2 Å². The summed E-state index contributed by atoms with van der Waals surface area (Å²) in [5.74, 6) is 1.02. The second-order valence-corrected chi connectivity index (χ2v) is 6.53. The van der Waals surface area contributed by atoms with E-state index >= 15 is 0 Å². The van der Waals surface area contributed by atoms with E-state index in [9.17, 15) is 0 Å². The predicted molar refractivity (Wildman–Crippen MR) is 74.3 cm³/mol. The van der Waals surface area contributed by atoms with Gasteiger partial charge in [0.1, 0.15) is 0 Å². The molecule has 17 heavy (non-hydrogen) atoms. The largest absolute Gasteiger partial charge is 0.312 e. The molecule has 0 aromatic heterocycles. The van der Waals surface area contributed by atoms with Crippen LogP contribution in [0.25, 0.3) is 0 Å². The zero-order valence-corrected chi connectivity index (χ0v) is 12.0. The van der Waals surface area contributed by atoms with E-state index in [-0.39, 0.29) is 0 Å². The van der Waals surface area contributed by atoms with E-state index in [1.54, 1.807) is 0 Å². The smallest absolute Gasteiger partial charge is 0.0306 e. The van der Waals surface area contributed by atoms with Gasteiger partial charge < -0.3 is 5.32 Å². The number of hydrogen-bond donors (Lipinski definition) is 1. The summed E-state index contributed by atoms with van der Waals surface area (Å²) >= 11 is 0. The van der Waals surface area contributed by atoms with Gasteiger partial charge in [-0.3, -0.25) is 4.90 Å². The maximum atomic E-state index is 3.82. The van der Waals surface area contributed by atoms with Gasteiger partial charge in [0, 0.05) is 11.6 Å². The number of likely N-dealkylation sites (tertiary alicyclic amines) is 1. The van der Waals surface area contributed by atoms with Crippen molar-refractivity contribution >= 4 is 0 Å². The quantitative estimate of drug-likeness (QED) is 0.733. The minimum atomic E-state index is 0.342. The summed E-state index contributed by atoms with van der Waals surface area (Å²) in [6, 6.07) is 0.688. The van der Waals surface area contributed by atoms with Crippen LogP contribution in [-0.4, -0.2) is 36.1 Å². The Kier molecular flexibility index (Phi) is 4.48. The average molecular weight is 238 g/mol. The molecule has 0 aromatic carbocycles. The molecule has 1 unspecified atom stereocenters. The van der Waals surface area contributed by atoms with E-state index in [4.69, 9.17) is 0 Å². The second-order valence-electron chi connectivity index (χ2n) is 6.53. The van der Waals surface area contributed by atoms with Gasteiger partial charge in [-0.25, -0.2) is 0 Å². The first kappa shape index (κ1) is 13.4. The molecule has 1 heterocycles. The van der Waals surface area contributed by atoms with Gasteiger partial charge in [-0.2, -0.15) is 0 Å². The standard InChI is InChI=1S/C15H30N2/c1-4-9-16-14(12-13-7-8-13)15(2,3)17-10-5-6-11-17/h13-14,16H,4-12H2,1-3H3. The fourth-order valence-electron chi connectivity index (χ4n) is 3.14. The van der Waals surface area contributed by atoms with Crippen molar-refractivity contribution in [2.75, 3.05) is 19.6 Å². The molecule has 2 fully saturated rings. The van der Waals surface area contributed by atoms with E-state index in [1.807, 2.05) is 0 Å². The van der Waals surface area contributed by atoms with E-state index < -0.39 is 0 Å². The molecule has 0 bridgehead atoms. The predicted octanol–water partition coefficient (Wildman–Crippen LogP) is 3.03. The molecular formula is C15H30N2. The fraction of sp³-hybridized carbons (Fsp3) is 1.00. The Morgan fingerprint density at radius 2 is 1.88 bits per heavy atom. The van der Waals surface area contributed by atoms with Gasteiger partial charge in [-0.1, -0.05) is 19.8 Å². The third kappa shape index (κ3) is 3.45. The maximum Gasteiger partial charge on any atom is 0.0306 e. The third-order valence-corrected chi connectivity index (χ3v) is 4.68. The van der Waals surface area contributed by atoms with Crippen LogP contribution in [0.15, 0.2) is 0 Å². The van der Waals surface area contributed by atoms with Crippen molar-refractivity contribution in [2.24, 2.45) is 5.92 Å². The minimum Gasteiger partial charge on any atom is -0.312 e. The molecule has 0 radical (unpaired) electrons. The van der Waals surface area contributed by atoms with Gasteiger partial charge in [-0.15, -0.1) is 0 Å². The highest BCUT2D eigenvalue weighted by atomic mass is 15.2. The zero-order valence-electron chi connectivity index (χ0n) is 12.0. The summed E-state index contributed by atoms with van der Waals surface area (Å²) in [5.41, 5.74) is 0.342. The molecular weight excluding hydrogens is 208 g/mol. The summed E-state index contributed by atoms with van der Waals surface area (Å²) in [5, 5.41) is 3.82. The highest BCUT2D eigenvalue weighted by Gasteiger charge is 2.39. The van der Waals surface area contributed by atoms with Crippen LogP contribution in [0.2, 0.25) is 0 Å². The van der Waals surface area contributed by atoms with Crippen LogP contribution >= 0.6 is 0 Å². The van der Waals surface area contributed by atoms with Gasteiger partial charge in [0.25, 0.3) is 0 Å². The Labute approximate surface area is 107 Å². The lowest BCUT2D eigenvalue weighted by Gasteiger charge is -2.43. The molecule has 0 aromatic rings. The number of nitrogens with zero attached hydrogens (tertiary/aromatic N) is 1. The molecule has 2 heteroatoms. The van der Waals surface area contributed by atoms with Crippen molar-refractivity contribution in [2.45, 2.75) is 70.9 Å². The van der Waals surface area contributed by atoms with Gasteiger partial charge in [0.2, 0.25) is 0 Å². The minimum absolute atomic E-state index is 0.342. The van der Waals surface area contributed by atoms with Crippen LogP contribution < -0.4 is 5.32 Å². The Hall–Kier alpha value is -0.0800. The molecule has 1 N–H and O–H groups in total. The van der Waals surface area contributed by atoms with Gasteiger partial charge in [0.15, 0.2) is 0 Å². The lowest BCUT2D eigenvalue weighted by molar-refractivity contribution is 0.0996. The number of nitrogens with one attached hydrogen (secondary N) is 1. The van der Waals surface area contributed by atoms with Crippen molar-refractivity contribution in [3.63, 3.8) is 0 Å². The zero-order chi connectivity index (χ0) is 12.3. The monoisotopic (exact) mass is 238 g/mol. The van der Waals surface area contributed by atoms with Gasteiger partial charge in [-0.05, 0) is 65.1 Å². The van der Waals surface area contributed by atoms with Crippen LogP contribution in [0, 0.1) is 5.92 Å². The summed E-state index contributed by atoms with van der Waals surface area (Å²) < 4.78 is 0. The first-order chi connectivity index (χ1) is 8.14. The van der Waals surface area contributed by atoms with Crippen LogP contribution in [0.3, 0.4) is 0 Å². The molecule has 0 amide bonds. The molecule has 1 atom stereocenters. The van der Waals surface area contributed by atoms with Crippen molar-refractivity contribution in [3.8, 4) is 0 Å². The highest BCUT2D eigenvalue weighted by Crippen LogP contribution is 2.37. The van der Waals surface area contributed by atoms with E-state index in [0.717, 1.165) is 5.92 Å². The van der Waals surface area contributed by atoms with Crippen molar-refractivity contribution in [3.05, 3.63) is 0 Å².